The first-order valence-electron chi connectivity index (χ1n) is 6.73. The van der Waals surface area contributed by atoms with Crippen LogP contribution in [-0.4, -0.2) is 31.1 Å². The number of imidazole rings is 2. The molecule has 0 aliphatic carbocycles. The Hall–Kier alpha value is -3.48. The van der Waals surface area contributed by atoms with E-state index in [4.69, 9.17) is 4.74 Å². The Balaban J connectivity index is 1.70. The highest BCUT2D eigenvalue weighted by Gasteiger charge is 2.06. The molecule has 3 aromatic rings. The quantitative estimate of drug-likeness (QED) is 0.694. The molecular weight excluding hydrogens is 296 g/mol. The van der Waals surface area contributed by atoms with E-state index in [0.717, 1.165) is 5.56 Å². The van der Waals surface area contributed by atoms with Gasteiger partial charge in [0.2, 0.25) is 0 Å². The third-order valence-corrected chi connectivity index (χ3v) is 2.96. The maximum atomic E-state index is 11.8. The van der Waals surface area contributed by atoms with E-state index in [1.807, 2.05) is 0 Å². The van der Waals surface area contributed by atoms with Crippen LogP contribution in [0.3, 0.4) is 0 Å². The van der Waals surface area contributed by atoms with Crippen molar-refractivity contribution in [2.24, 2.45) is 0 Å². The van der Waals surface area contributed by atoms with Gasteiger partial charge in [0.05, 0.1) is 0 Å². The molecule has 0 bridgehead atoms. The smallest absolute Gasteiger partial charge is 0.410 e. The van der Waals surface area contributed by atoms with Crippen LogP contribution in [0.4, 0.5) is 4.79 Å². The van der Waals surface area contributed by atoms with Crippen LogP contribution in [0.5, 0.6) is 5.75 Å². The molecule has 0 N–H and O–H groups in total. The molecular formula is C16H12N4O3. The SMILES string of the molecule is O=C(/C=C/c1cccc(OC(=O)n2ccnc2)c1)n1ccnc1. The van der Waals surface area contributed by atoms with Crippen molar-refractivity contribution in [1.29, 1.82) is 0 Å². The summed E-state index contributed by atoms with van der Waals surface area (Å²) in [6.07, 6.45) is 11.4. The normalized spacial score (nSPS) is 10.8. The molecule has 2 heterocycles. The average Bonchev–Trinajstić information content (AvgIpc) is 3.25. The van der Waals surface area contributed by atoms with Crippen LogP contribution in [0.2, 0.25) is 0 Å². The zero-order valence-electron chi connectivity index (χ0n) is 11.9. The van der Waals surface area contributed by atoms with Gasteiger partial charge >= 0.3 is 6.09 Å². The van der Waals surface area contributed by atoms with E-state index >= 15 is 0 Å². The monoisotopic (exact) mass is 308 g/mol. The summed E-state index contributed by atoms with van der Waals surface area (Å²) in [6.45, 7) is 0. The van der Waals surface area contributed by atoms with Crippen molar-refractivity contribution in [1.82, 2.24) is 19.1 Å². The van der Waals surface area contributed by atoms with Crippen molar-refractivity contribution in [3.05, 3.63) is 73.3 Å². The zero-order chi connectivity index (χ0) is 16.1. The highest BCUT2D eigenvalue weighted by atomic mass is 16.6. The van der Waals surface area contributed by atoms with Crippen molar-refractivity contribution in [3.8, 4) is 5.75 Å². The number of nitrogens with zero attached hydrogens (tertiary/aromatic N) is 4. The zero-order valence-corrected chi connectivity index (χ0v) is 11.9. The predicted octanol–water partition coefficient (Wildman–Crippen LogP) is 2.48. The summed E-state index contributed by atoms with van der Waals surface area (Å²) in [5.74, 6) is 0.157. The minimum absolute atomic E-state index is 0.219. The van der Waals surface area contributed by atoms with E-state index in [1.165, 1.54) is 46.5 Å². The Morgan fingerprint density at radius 1 is 1.04 bits per heavy atom. The number of carbonyl (C=O) groups excluding carboxylic acids is 2. The molecule has 0 fully saturated rings. The van der Waals surface area contributed by atoms with E-state index in [2.05, 4.69) is 9.97 Å². The number of carbonyl (C=O) groups is 2. The van der Waals surface area contributed by atoms with E-state index in [1.54, 1.807) is 36.5 Å². The molecule has 0 saturated carbocycles. The van der Waals surface area contributed by atoms with Crippen molar-refractivity contribution in [2.45, 2.75) is 0 Å². The molecule has 23 heavy (non-hydrogen) atoms. The van der Waals surface area contributed by atoms with Crippen LogP contribution >= 0.6 is 0 Å². The van der Waals surface area contributed by atoms with Crippen LogP contribution in [-0.2, 0) is 0 Å². The van der Waals surface area contributed by atoms with Crippen LogP contribution in [0.25, 0.3) is 6.08 Å². The second kappa shape index (κ2) is 6.52. The molecule has 0 radical (unpaired) electrons. The third-order valence-electron chi connectivity index (χ3n) is 2.96. The van der Waals surface area contributed by atoms with Gasteiger partial charge in [-0.3, -0.25) is 9.36 Å². The fourth-order valence-corrected chi connectivity index (χ4v) is 1.85. The number of hydrogen-bond donors (Lipinski definition) is 0. The summed E-state index contributed by atoms with van der Waals surface area (Å²) < 4.78 is 7.82. The molecule has 1 aromatic carbocycles. The lowest BCUT2D eigenvalue weighted by Crippen LogP contribution is -2.14. The van der Waals surface area contributed by atoms with Gasteiger partial charge in [0.25, 0.3) is 5.91 Å². The van der Waals surface area contributed by atoms with Gasteiger partial charge in [0.1, 0.15) is 18.4 Å². The van der Waals surface area contributed by atoms with Crippen LogP contribution in [0, 0.1) is 0 Å². The largest absolute Gasteiger partial charge is 0.424 e. The van der Waals surface area contributed by atoms with Gasteiger partial charge in [-0.1, -0.05) is 12.1 Å². The molecule has 7 nitrogen and oxygen atoms in total. The Kier molecular flexibility index (Phi) is 4.10. The first-order chi connectivity index (χ1) is 11.2. The number of aromatic nitrogens is 4. The van der Waals surface area contributed by atoms with E-state index in [0.29, 0.717) is 5.75 Å². The average molecular weight is 308 g/mol. The summed E-state index contributed by atoms with van der Waals surface area (Å²) >= 11 is 0. The summed E-state index contributed by atoms with van der Waals surface area (Å²) in [5, 5.41) is 0. The van der Waals surface area contributed by atoms with Gasteiger partial charge in [0.15, 0.2) is 0 Å². The first-order valence-corrected chi connectivity index (χ1v) is 6.73. The van der Waals surface area contributed by atoms with Gasteiger partial charge in [-0.05, 0) is 23.8 Å². The highest BCUT2D eigenvalue weighted by Crippen LogP contribution is 2.15. The molecule has 114 valence electrons. The molecule has 0 unspecified atom stereocenters. The molecule has 3 rings (SSSR count). The summed E-state index contributed by atoms with van der Waals surface area (Å²) in [6, 6.07) is 6.85. The van der Waals surface area contributed by atoms with Gasteiger partial charge in [-0.15, -0.1) is 0 Å². The molecule has 0 aliphatic rings. The van der Waals surface area contributed by atoms with Gasteiger partial charge < -0.3 is 4.74 Å². The summed E-state index contributed by atoms with van der Waals surface area (Å²) in [4.78, 5) is 31.3. The number of hydrogen-bond acceptors (Lipinski definition) is 5. The van der Waals surface area contributed by atoms with Gasteiger partial charge in [0, 0.05) is 30.9 Å². The molecule has 2 aromatic heterocycles. The molecule has 0 saturated heterocycles. The van der Waals surface area contributed by atoms with Gasteiger partial charge in [-0.25, -0.2) is 19.3 Å². The van der Waals surface area contributed by atoms with Crippen LogP contribution in [0.15, 0.2) is 67.8 Å². The van der Waals surface area contributed by atoms with E-state index in [9.17, 15) is 9.59 Å². The van der Waals surface area contributed by atoms with Crippen molar-refractivity contribution in [2.75, 3.05) is 0 Å². The van der Waals surface area contributed by atoms with Crippen molar-refractivity contribution < 1.29 is 14.3 Å². The molecule has 0 aliphatic heterocycles. The first kappa shape index (κ1) is 14.5. The number of rotatable bonds is 3. The minimum Gasteiger partial charge on any atom is -0.410 e. The third kappa shape index (κ3) is 3.59. The summed E-state index contributed by atoms with van der Waals surface area (Å²) in [5.41, 5.74) is 0.731. The van der Waals surface area contributed by atoms with E-state index in [-0.39, 0.29) is 5.91 Å². The topological polar surface area (TPSA) is 79.0 Å². The fourth-order valence-electron chi connectivity index (χ4n) is 1.85. The Morgan fingerprint density at radius 2 is 1.78 bits per heavy atom. The minimum atomic E-state index is -0.557. The maximum absolute atomic E-state index is 11.8. The molecule has 0 atom stereocenters. The molecule has 0 spiro atoms. The highest BCUT2D eigenvalue weighted by molar-refractivity contribution is 5.93. The van der Waals surface area contributed by atoms with Crippen molar-refractivity contribution >= 4 is 18.1 Å². The molecule has 7 heteroatoms. The molecule has 0 amide bonds. The Labute approximate surface area is 131 Å². The fraction of sp³-hybridized carbons (Fsp3) is 0. The number of benzene rings is 1. The van der Waals surface area contributed by atoms with Crippen LogP contribution < -0.4 is 4.74 Å². The maximum Gasteiger partial charge on any atom is 0.424 e. The van der Waals surface area contributed by atoms with E-state index < -0.39 is 6.09 Å². The van der Waals surface area contributed by atoms with Crippen LogP contribution in [0.1, 0.15) is 10.4 Å². The lowest BCUT2D eigenvalue weighted by molar-refractivity contribution is 0.0969. The second-order valence-electron chi connectivity index (χ2n) is 4.55. The second-order valence-corrected chi connectivity index (χ2v) is 4.55. The predicted molar refractivity (Wildman–Crippen MR) is 82.0 cm³/mol. The summed E-state index contributed by atoms with van der Waals surface area (Å²) in [7, 11) is 0. The Morgan fingerprint density at radius 3 is 2.48 bits per heavy atom. The lowest BCUT2D eigenvalue weighted by atomic mass is 10.2. The standard InChI is InChI=1S/C16H12N4O3/c21-15(19-8-6-17-11-19)5-4-13-2-1-3-14(10-13)23-16(22)20-9-7-18-12-20/h1-12H/b5-4+. The van der Waals surface area contributed by atoms with Crippen molar-refractivity contribution in [3.63, 3.8) is 0 Å². The number of ether oxygens (including phenoxy) is 1. The van der Waals surface area contributed by atoms with Gasteiger partial charge in [-0.2, -0.15) is 0 Å². The lowest BCUT2D eigenvalue weighted by Gasteiger charge is -2.04. The Bertz CT molecular complexity index is 836. The number of allylic oxidation sites excluding steroid dienone is 1.